The number of nitrogens with zero attached hydrogens (tertiary/aromatic N) is 3. The van der Waals surface area contributed by atoms with Crippen LogP contribution in [-0.4, -0.2) is 112 Å². The number of rotatable bonds is 10. The maximum absolute atomic E-state index is 10.4. The van der Waals surface area contributed by atoms with E-state index in [1.165, 1.54) is 22.5 Å². The summed E-state index contributed by atoms with van der Waals surface area (Å²) in [6, 6.07) is 17.7. The Morgan fingerprint density at radius 3 is 1.56 bits per heavy atom. The number of aliphatic carboxylic acids is 4. The van der Waals surface area contributed by atoms with Gasteiger partial charge in [-0.25, -0.2) is 19.2 Å². The molecule has 0 saturated heterocycles. The van der Waals surface area contributed by atoms with Gasteiger partial charge in [-0.1, -0.05) is 50.2 Å². The molecule has 1 aliphatic heterocycles. The summed E-state index contributed by atoms with van der Waals surface area (Å²) in [5.41, 5.74) is 5.57. The third-order valence-corrected chi connectivity index (χ3v) is 6.40. The molecule has 0 spiro atoms. The van der Waals surface area contributed by atoms with Gasteiger partial charge in [-0.2, -0.15) is 0 Å². The van der Waals surface area contributed by atoms with Gasteiger partial charge in [0.05, 0.1) is 6.10 Å². The zero-order valence-corrected chi connectivity index (χ0v) is 23.8. The molecule has 0 saturated carbocycles. The van der Waals surface area contributed by atoms with Crippen molar-refractivity contribution in [2.24, 2.45) is 0 Å². The van der Waals surface area contributed by atoms with E-state index in [0.29, 0.717) is 0 Å². The van der Waals surface area contributed by atoms with Crippen LogP contribution in [0.25, 0.3) is 0 Å². The molecule has 0 amide bonds. The van der Waals surface area contributed by atoms with Crippen molar-refractivity contribution in [3.05, 3.63) is 59.7 Å². The van der Waals surface area contributed by atoms with E-state index in [1.807, 2.05) is 0 Å². The molecule has 41 heavy (non-hydrogen) atoms. The highest BCUT2D eigenvalue weighted by Gasteiger charge is 2.20. The summed E-state index contributed by atoms with van der Waals surface area (Å²) in [7, 11) is 2.12. The summed E-state index contributed by atoms with van der Waals surface area (Å²) in [6.07, 6.45) is 2.97. The van der Waals surface area contributed by atoms with Gasteiger partial charge >= 0.3 is 23.9 Å². The van der Waals surface area contributed by atoms with Crippen LogP contribution in [0.5, 0.6) is 0 Å². The lowest BCUT2D eigenvalue weighted by atomic mass is 10.0. The fourth-order valence-electron chi connectivity index (χ4n) is 4.40. The normalized spacial score (nSPS) is 12.5. The van der Waals surface area contributed by atoms with Crippen molar-refractivity contribution in [2.75, 3.05) is 51.2 Å². The quantitative estimate of drug-likeness (QED) is 0.261. The monoisotopic (exact) mass is 575 g/mol. The Hall–Kier alpha value is -4.00. The van der Waals surface area contributed by atoms with Crippen LogP contribution < -0.4 is 4.90 Å². The third kappa shape index (κ3) is 12.8. The fourth-order valence-corrected chi connectivity index (χ4v) is 4.40. The second-order valence-electron chi connectivity index (χ2n) is 9.39. The first kappa shape index (κ1) is 35.0. The lowest BCUT2D eigenvalue weighted by molar-refractivity contribution is -0.159. The molecule has 0 radical (unpaired) electrons. The Morgan fingerprint density at radius 2 is 1.17 bits per heavy atom. The molecule has 5 N–H and O–H groups in total. The number of aliphatic hydroxyl groups is 1. The van der Waals surface area contributed by atoms with Gasteiger partial charge in [-0.05, 0) is 69.2 Å². The molecule has 1 unspecified atom stereocenters. The number of carboxylic acid groups (broad SMARTS) is 4. The number of hydrogen-bond donors (Lipinski definition) is 5. The van der Waals surface area contributed by atoms with E-state index in [-0.39, 0.29) is 6.10 Å². The maximum atomic E-state index is 10.4. The lowest BCUT2D eigenvalue weighted by Gasteiger charge is -2.29. The molecule has 1 heterocycles. The van der Waals surface area contributed by atoms with Crippen molar-refractivity contribution < 1.29 is 44.7 Å². The molecular weight excluding hydrogens is 534 g/mol. The molecule has 3 rings (SSSR count). The SMILES string of the molecule is CCN(CC)CC(O)CN(C)CCCN1c2ccccc2CCc2ccccc21.O=C(O)C(=O)O.O=C(O)C(=O)O. The molecular formula is C29H41N3O9. The number of likely N-dealkylation sites (N-methyl/N-ethyl adjacent to an activating group) is 2. The van der Waals surface area contributed by atoms with E-state index < -0.39 is 23.9 Å². The van der Waals surface area contributed by atoms with Crippen LogP contribution in [0.15, 0.2) is 48.5 Å². The Bertz CT molecular complexity index is 1040. The predicted molar refractivity (Wildman–Crippen MR) is 154 cm³/mol. The topological polar surface area (TPSA) is 179 Å². The van der Waals surface area contributed by atoms with Gasteiger partial charge in [0.2, 0.25) is 0 Å². The molecule has 226 valence electrons. The number of aryl methyl sites for hydroxylation is 2. The average molecular weight is 576 g/mol. The van der Waals surface area contributed by atoms with Gasteiger partial charge in [-0.15, -0.1) is 0 Å². The standard InChI is InChI=1S/C25H37N3O.2C2H2O4/c1-4-27(5-2)20-23(29)19-26(3)17-10-18-28-24-13-8-6-11-21(24)15-16-22-12-7-9-14-25(22)28;2*3-1(4)2(5)6/h6-9,11-14,23,29H,4-5,10,15-20H2,1-3H3;2*(H,3,4)(H,5,6). The number of hydrogen-bond acceptors (Lipinski definition) is 8. The first-order valence-electron chi connectivity index (χ1n) is 13.4. The van der Waals surface area contributed by atoms with Crippen LogP contribution in [0, 0.1) is 0 Å². The lowest BCUT2D eigenvalue weighted by Crippen LogP contribution is -2.39. The number of aliphatic hydroxyl groups excluding tert-OH is 1. The Labute approximate surface area is 240 Å². The number of fused-ring (bicyclic) bond motifs is 2. The maximum Gasteiger partial charge on any atom is 0.414 e. The molecule has 2 aromatic carbocycles. The van der Waals surface area contributed by atoms with Crippen LogP contribution in [-0.2, 0) is 32.0 Å². The molecule has 1 aliphatic rings. The van der Waals surface area contributed by atoms with E-state index in [1.54, 1.807) is 0 Å². The summed E-state index contributed by atoms with van der Waals surface area (Å²) < 4.78 is 0. The largest absolute Gasteiger partial charge is 0.473 e. The molecule has 0 fully saturated rings. The van der Waals surface area contributed by atoms with Gasteiger partial charge in [0.1, 0.15) is 0 Å². The molecule has 1 atom stereocenters. The number of carboxylic acids is 4. The van der Waals surface area contributed by atoms with Crippen LogP contribution in [0.1, 0.15) is 31.4 Å². The van der Waals surface area contributed by atoms with Crippen molar-refractivity contribution in [3.63, 3.8) is 0 Å². The van der Waals surface area contributed by atoms with Gasteiger partial charge < -0.3 is 40.2 Å². The fraction of sp³-hybridized carbons (Fsp3) is 0.448. The van der Waals surface area contributed by atoms with Crippen molar-refractivity contribution in [3.8, 4) is 0 Å². The van der Waals surface area contributed by atoms with Crippen LogP contribution in [0.4, 0.5) is 11.4 Å². The smallest absolute Gasteiger partial charge is 0.414 e. The summed E-state index contributed by atoms with van der Waals surface area (Å²) >= 11 is 0. The highest BCUT2D eigenvalue weighted by Crippen LogP contribution is 2.35. The average Bonchev–Trinajstić information content (AvgIpc) is 3.09. The van der Waals surface area contributed by atoms with Gasteiger partial charge in [-0.3, -0.25) is 0 Å². The first-order valence-corrected chi connectivity index (χ1v) is 13.4. The number of para-hydroxylation sites is 2. The molecule has 0 aliphatic carbocycles. The van der Waals surface area contributed by atoms with E-state index in [4.69, 9.17) is 39.6 Å². The van der Waals surface area contributed by atoms with E-state index in [2.05, 4.69) is 84.1 Å². The van der Waals surface area contributed by atoms with Crippen molar-refractivity contribution in [1.82, 2.24) is 9.80 Å². The molecule has 0 bridgehead atoms. The van der Waals surface area contributed by atoms with E-state index in [9.17, 15) is 5.11 Å². The second-order valence-corrected chi connectivity index (χ2v) is 9.39. The number of carbonyl (C=O) groups is 4. The van der Waals surface area contributed by atoms with Crippen molar-refractivity contribution in [2.45, 2.75) is 39.2 Å². The highest BCUT2D eigenvalue weighted by atomic mass is 16.4. The van der Waals surface area contributed by atoms with Gasteiger partial charge in [0.25, 0.3) is 0 Å². The Balaban J connectivity index is 0.000000588. The van der Waals surface area contributed by atoms with Gasteiger partial charge in [0, 0.05) is 31.0 Å². The summed E-state index contributed by atoms with van der Waals surface area (Å²) in [6.45, 7) is 9.73. The van der Waals surface area contributed by atoms with E-state index in [0.717, 1.165) is 58.5 Å². The summed E-state index contributed by atoms with van der Waals surface area (Å²) in [4.78, 5) is 43.4. The minimum absolute atomic E-state index is 0.292. The second kappa shape index (κ2) is 18.4. The van der Waals surface area contributed by atoms with Crippen LogP contribution in [0.2, 0.25) is 0 Å². The predicted octanol–water partition coefficient (Wildman–Crippen LogP) is 2.26. The zero-order valence-electron chi connectivity index (χ0n) is 23.8. The van der Waals surface area contributed by atoms with Crippen LogP contribution >= 0.6 is 0 Å². The van der Waals surface area contributed by atoms with Crippen molar-refractivity contribution >= 4 is 35.3 Å². The molecule has 12 heteroatoms. The number of benzene rings is 2. The van der Waals surface area contributed by atoms with Crippen molar-refractivity contribution in [1.29, 1.82) is 0 Å². The van der Waals surface area contributed by atoms with Crippen LogP contribution in [0.3, 0.4) is 0 Å². The number of anilines is 2. The Kier molecular flexibility index (Phi) is 15.7. The van der Waals surface area contributed by atoms with E-state index >= 15 is 0 Å². The minimum Gasteiger partial charge on any atom is -0.473 e. The highest BCUT2D eigenvalue weighted by molar-refractivity contribution is 6.27. The molecule has 2 aromatic rings. The minimum atomic E-state index is -1.82. The third-order valence-electron chi connectivity index (χ3n) is 6.40. The molecule has 0 aromatic heterocycles. The summed E-state index contributed by atoms with van der Waals surface area (Å²) in [5.74, 6) is -7.30. The zero-order chi connectivity index (χ0) is 30.9. The molecule has 12 nitrogen and oxygen atoms in total. The van der Waals surface area contributed by atoms with Gasteiger partial charge in [0.15, 0.2) is 0 Å². The Morgan fingerprint density at radius 1 is 0.756 bits per heavy atom. The first-order chi connectivity index (χ1) is 19.4. The summed E-state index contributed by atoms with van der Waals surface area (Å²) in [5, 5.41) is 40.0.